The molecule has 30 heavy (non-hydrogen) atoms. The Balaban J connectivity index is 2.22. The zero-order valence-electron chi connectivity index (χ0n) is 16.3. The highest BCUT2D eigenvalue weighted by Gasteiger charge is 2.26. The molecule has 0 saturated carbocycles. The number of nitro benzene ring substituents is 2. The van der Waals surface area contributed by atoms with Gasteiger partial charge in [-0.1, -0.05) is 37.1 Å². The molecule has 0 saturated heterocycles. The molecule has 0 amide bonds. The highest BCUT2D eigenvalue weighted by Crippen LogP contribution is 2.38. The molecule has 0 unspecified atom stereocenters. The predicted molar refractivity (Wildman–Crippen MR) is 116 cm³/mol. The van der Waals surface area contributed by atoms with Gasteiger partial charge in [0.1, 0.15) is 10.5 Å². The molecule has 0 aliphatic heterocycles. The van der Waals surface area contributed by atoms with Gasteiger partial charge in [-0.2, -0.15) is 0 Å². The fourth-order valence-electron chi connectivity index (χ4n) is 3.27. The van der Waals surface area contributed by atoms with Crippen molar-refractivity contribution in [2.24, 2.45) is 7.05 Å². The second-order valence-corrected chi connectivity index (χ2v) is 7.23. The van der Waals surface area contributed by atoms with Crippen molar-refractivity contribution in [3.63, 3.8) is 0 Å². The quantitative estimate of drug-likeness (QED) is 0.411. The highest BCUT2D eigenvalue weighted by atomic mass is 35.5. The van der Waals surface area contributed by atoms with Crippen molar-refractivity contribution < 1.29 is 9.85 Å². The molecule has 10 heteroatoms. The van der Waals surface area contributed by atoms with E-state index < -0.39 is 26.8 Å². The van der Waals surface area contributed by atoms with Crippen molar-refractivity contribution in [3.8, 4) is 0 Å². The van der Waals surface area contributed by atoms with E-state index in [9.17, 15) is 25.0 Å². The number of unbranched alkanes of at least 4 members (excludes halogenated alkanes) is 1. The van der Waals surface area contributed by atoms with Crippen molar-refractivity contribution >= 4 is 45.3 Å². The lowest BCUT2D eigenvalue weighted by Gasteiger charge is -2.15. The first-order chi connectivity index (χ1) is 14.2. The van der Waals surface area contributed by atoms with Crippen LogP contribution in [0.1, 0.15) is 25.3 Å². The number of nitro groups is 2. The van der Waals surface area contributed by atoms with Gasteiger partial charge in [0.15, 0.2) is 0 Å². The van der Waals surface area contributed by atoms with Crippen LogP contribution in [-0.2, 0) is 13.5 Å². The van der Waals surface area contributed by atoms with Crippen molar-refractivity contribution in [1.82, 2.24) is 4.57 Å². The molecule has 3 aromatic rings. The van der Waals surface area contributed by atoms with Crippen molar-refractivity contribution in [3.05, 3.63) is 77.6 Å². The Bertz CT molecular complexity index is 1200. The number of aryl methyl sites for hydroxylation is 2. The first-order valence-corrected chi connectivity index (χ1v) is 9.63. The summed E-state index contributed by atoms with van der Waals surface area (Å²) in [6.45, 7) is 2.11. The Morgan fingerprint density at radius 3 is 2.33 bits per heavy atom. The van der Waals surface area contributed by atoms with Gasteiger partial charge in [0.05, 0.1) is 21.6 Å². The summed E-state index contributed by atoms with van der Waals surface area (Å²) in [6, 6.07) is 9.47. The van der Waals surface area contributed by atoms with E-state index in [4.69, 9.17) is 11.6 Å². The van der Waals surface area contributed by atoms with Gasteiger partial charge in [0.25, 0.3) is 11.2 Å². The molecule has 0 atom stereocenters. The molecule has 0 bridgehead atoms. The maximum Gasteiger partial charge on any atom is 0.300 e. The summed E-state index contributed by atoms with van der Waals surface area (Å²) >= 11 is 6.26. The fourth-order valence-corrected chi connectivity index (χ4v) is 3.54. The van der Waals surface area contributed by atoms with E-state index >= 15 is 0 Å². The lowest BCUT2D eigenvalue weighted by atomic mass is 10.1. The van der Waals surface area contributed by atoms with Crippen LogP contribution in [0.4, 0.5) is 22.7 Å². The van der Waals surface area contributed by atoms with E-state index in [0.717, 1.165) is 35.5 Å². The summed E-state index contributed by atoms with van der Waals surface area (Å²) in [4.78, 5) is 34.0. The number of nitrogens with zero attached hydrogens (tertiary/aromatic N) is 3. The van der Waals surface area contributed by atoms with Crippen LogP contribution < -0.4 is 10.9 Å². The Hall–Kier alpha value is -3.46. The van der Waals surface area contributed by atoms with Crippen LogP contribution in [-0.4, -0.2) is 14.4 Å². The van der Waals surface area contributed by atoms with Crippen molar-refractivity contribution in [1.29, 1.82) is 0 Å². The molecular formula is C20H19ClN4O5. The summed E-state index contributed by atoms with van der Waals surface area (Å²) in [6.07, 6.45) is 3.07. The van der Waals surface area contributed by atoms with Gasteiger partial charge in [-0.05, 0) is 30.5 Å². The minimum Gasteiger partial charge on any atom is -0.354 e. The van der Waals surface area contributed by atoms with E-state index in [-0.39, 0.29) is 21.6 Å². The van der Waals surface area contributed by atoms with Crippen LogP contribution >= 0.6 is 11.6 Å². The van der Waals surface area contributed by atoms with Gasteiger partial charge in [0.2, 0.25) is 0 Å². The average molecular weight is 431 g/mol. The number of pyridine rings is 1. The predicted octanol–water partition coefficient (Wildman–Crippen LogP) is 5.09. The van der Waals surface area contributed by atoms with Crippen LogP contribution in [0.3, 0.4) is 0 Å². The Labute approximate surface area is 176 Å². The first-order valence-electron chi connectivity index (χ1n) is 9.25. The van der Waals surface area contributed by atoms with Crippen molar-refractivity contribution in [2.45, 2.75) is 26.2 Å². The Kier molecular flexibility index (Phi) is 6.02. The zero-order valence-corrected chi connectivity index (χ0v) is 17.1. The largest absolute Gasteiger partial charge is 0.354 e. The topological polar surface area (TPSA) is 120 Å². The van der Waals surface area contributed by atoms with Crippen molar-refractivity contribution in [2.75, 3.05) is 5.32 Å². The fraction of sp³-hybridized carbons (Fsp3) is 0.250. The second-order valence-electron chi connectivity index (χ2n) is 6.85. The van der Waals surface area contributed by atoms with E-state index in [1.807, 2.05) is 12.1 Å². The Morgan fingerprint density at radius 1 is 1.10 bits per heavy atom. The molecule has 1 heterocycles. The number of halogens is 1. The first kappa shape index (κ1) is 21.3. The number of fused-ring (bicyclic) bond motifs is 1. The molecule has 0 aliphatic rings. The molecule has 1 N–H and O–H groups in total. The molecular weight excluding hydrogens is 412 g/mol. The maximum absolute atomic E-state index is 12.6. The van der Waals surface area contributed by atoms with Crippen LogP contribution in [0.15, 0.2) is 41.2 Å². The standard InChI is InChI=1S/C20H19ClN4O5/c1-3-4-5-12-6-8-13(9-7-12)22-18-15-10-14(24(27)28)11-16(25(29)30)19(15)23(2)20(26)17(18)21/h6-11,22H,3-5H2,1-2H3. The lowest BCUT2D eigenvalue weighted by molar-refractivity contribution is -0.393. The van der Waals surface area contributed by atoms with E-state index in [2.05, 4.69) is 12.2 Å². The third-order valence-corrected chi connectivity index (χ3v) is 5.19. The number of rotatable bonds is 7. The van der Waals surface area contributed by atoms with Crippen LogP contribution in [0.5, 0.6) is 0 Å². The zero-order chi connectivity index (χ0) is 22.0. The second kappa shape index (κ2) is 8.50. The number of hydrogen-bond donors (Lipinski definition) is 1. The SMILES string of the molecule is CCCCc1ccc(Nc2c(Cl)c(=O)n(C)c3c([N+](=O)[O-])cc([N+](=O)[O-])cc23)cc1. The number of aromatic nitrogens is 1. The summed E-state index contributed by atoms with van der Waals surface area (Å²) < 4.78 is 1.03. The van der Waals surface area contributed by atoms with Crippen LogP contribution in [0, 0.1) is 20.2 Å². The van der Waals surface area contributed by atoms with E-state index in [1.165, 1.54) is 13.1 Å². The summed E-state index contributed by atoms with van der Waals surface area (Å²) in [7, 11) is 1.34. The monoisotopic (exact) mass is 430 g/mol. The van der Waals surface area contributed by atoms with Gasteiger partial charge >= 0.3 is 5.69 Å². The molecule has 0 radical (unpaired) electrons. The number of non-ortho nitro benzene ring substituents is 2. The normalized spacial score (nSPS) is 10.9. The van der Waals surface area contributed by atoms with Crippen LogP contribution in [0.2, 0.25) is 5.02 Å². The van der Waals surface area contributed by atoms with E-state index in [1.54, 1.807) is 12.1 Å². The number of hydrogen-bond acceptors (Lipinski definition) is 6. The molecule has 1 aromatic heterocycles. The Morgan fingerprint density at radius 2 is 1.77 bits per heavy atom. The molecule has 3 rings (SSSR count). The minimum absolute atomic E-state index is 0.0536. The van der Waals surface area contributed by atoms with Gasteiger partial charge in [0, 0.05) is 24.2 Å². The molecule has 156 valence electrons. The molecule has 9 nitrogen and oxygen atoms in total. The number of anilines is 2. The average Bonchev–Trinajstić information content (AvgIpc) is 2.73. The molecule has 0 fully saturated rings. The summed E-state index contributed by atoms with van der Waals surface area (Å²) in [5.41, 5.74) is 0.109. The number of benzene rings is 2. The summed E-state index contributed by atoms with van der Waals surface area (Å²) in [5, 5.41) is 25.8. The van der Waals surface area contributed by atoms with Gasteiger partial charge in [-0.15, -0.1) is 0 Å². The minimum atomic E-state index is -0.755. The molecule has 0 spiro atoms. The molecule has 0 aliphatic carbocycles. The van der Waals surface area contributed by atoms with Crippen LogP contribution in [0.25, 0.3) is 10.9 Å². The molecule has 2 aromatic carbocycles. The third-order valence-electron chi connectivity index (χ3n) is 4.84. The highest BCUT2D eigenvalue weighted by molar-refractivity contribution is 6.35. The third kappa shape index (κ3) is 3.97. The van der Waals surface area contributed by atoms with Gasteiger partial charge in [-0.3, -0.25) is 25.0 Å². The smallest absolute Gasteiger partial charge is 0.300 e. The number of nitrogens with one attached hydrogen (secondary N) is 1. The maximum atomic E-state index is 12.6. The van der Waals surface area contributed by atoms with Gasteiger partial charge in [-0.25, -0.2) is 0 Å². The van der Waals surface area contributed by atoms with Gasteiger partial charge < -0.3 is 9.88 Å². The lowest BCUT2D eigenvalue weighted by Crippen LogP contribution is -2.20. The summed E-state index contributed by atoms with van der Waals surface area (Å²) in [5.74, 6) is 0. The van der Waals surface area contributed by atoms with E-state index in [0.29, 0.717) is 5.69 Å².